The van der Waals surface area contributed by atoms with Gasteiger partial charge in [0.2, 0.25) is 0 Å². The van der Waals surface area contributed by atoms with E-state index >= 15 is 0 Å². The number of benzene rings is 4. The van der Waals surface area contributed by atoms with Gasteiger partial charge in [-0.25, -0.2) is 12.1 Å². The van der Waals surface area contributed by atoms with Crippen LogP contribution in [0.5, 0.6) is 0 Å². The van der Waals surface area contributed by atoms with Gasteiger partial charge in [-0.05, 0) is 39.4 Å². The van der Waals surface area contributed by atoms with Crippen LogP contribution < -0.4 is 0 Å². The Morgan fingerprint density at radius 1 is 0.453 bits per heavy atom. The van der Waals surface area contributed by atoms with Crippen LogP contribution in [0.1, 0.15) is 150 Å². The molecule has 0 amide bonds. The molecule has 0 atom stereocenters. The summed E-state index contributed by atoms with van der Waals surface area (Å²) in [6.07, 6.45) is -19.9. The summed E-state index contributed by atoms with van der Waals surface area (Å²) in [6.45, 7) is 28.0. The van der Waals surface area contributed by atoms with Crippen LogP contribution >= 0.6 is 0 Å². The second-order valence-electron chi connectivity index (χ2n) is 20.1. The summed E-state index contributed by atoms with van der Waals surface area (Å²) in [7, 11) is 0. The van der Waals surface area contributed by atoms with E-state index in [-0.39, 0.29) is 82.3 Å². The monoisotopic (exact) mass is 982 g/mol. The van der Waals surface area contributed by atoms with Crippen molar-refractivity contribution in [1.29, 1.82) is 0 Å². The molecule has 0 saturated heterocycles. The van der Waals surface area contributed by atoms with Crippen LogP contribution in [0.3, 0.4) is 0 Å². The molecule has 0 bridgehead atoms. The Hall–Kier alpha value is -3.86. The predicted octanol–water partition coefficient (Wildman–Crippen LogP) is 16.5. The van der Waals surface area contributed by atoms with Crippen molar-refractivity contribution >= 4 is 3.21 Å². The zero-order valence-electron chi connectivity index (χ0n) is 37.8. The standard InChI is InChI=1S/C29H41.C17H6F12.C5H5.Zr/c1-26(2,3)22-14-18-13-19-15-23(27(4,5)6)25(29(10,11)12)17-21(19)20(18)16-24(22)28(7,8)9;18-14(19,20)10-2-8(3-11(6-10)15(21,22)23)1-9-4-12(16(24,25)26)7-13(5-9)17(27,28)29;1-2-4-5-3-1;/h14,16-17H,13H2,1-12H3;2-7H;1-5H;/q-1;;-1;+2. The quantitative estimate of drug-likeness (QED) is 0.120. The van der Waals surface area contributed by atoms with E-state index in [2.05, 4.69) is 107 Å². The maximum atomic E-state index is 13.0. The molecule has 0 heterocycles. The van der Waals surface area contributed by atoms with E-state index in [0.717, 1.165) is 6.42 Å². The second-order valence-corrected chi connectivity index (χ2v) is 21.3. The van der Waals surface area contributed by atoms with Gasteiger partial charge in [-0.1, -0.05) is 106 Å². The van der Waals surface area contributed by atoms with E-state index in [1.165, 1.54) is 44.5 Å². The van der Waals surface area contributed by atoms with Crippen molar-refractivity contribution in [2.45, 2.75) is 136 Å². The maximum absolute atomic E-state index is 13.0. The number of hydrogen-bond donors (Lipinski definition) is 0. The van der Waals surface area contributed by atoms with Crippen LogP contribution in [0.15, 0.2) is 84.9 Å². The molecular formula is C51H52F12Zr. The summed E-state index contributed by atoms with van der Waals surface area (Å²) >= 11 is -0.00108. The zero-order chi connectivity index (χ0) is 49.0. The van der Waals surface area contributed by atoms with Crippen molar-refractivity contribution in [3.63, 3.8) is 0 Å². The van der Waals surface area contributed by atoms with Gasteiger partial charge in [-0.15, -0.1) is 16.7 Å². The molecule has 0 unspecified atom stereocenters. The summed E-state index contributed by atoms with van der Waals surface area (Å²) in [5, 5.41) is 0. The Morgan fingerprint density at radius 3 is 1.09 bits per heavy atom. The van der Waals surface area contributed by atoms with Gasteiger partial charge in [0.15, 0.2) is 0 Å². The van der Waals surface area contributed by atoms with Crippen LogP contribution in [0.25, 0.3) is 11.1 Å². The molecule has 64 heavy (non-hydrogen) atoms. The van der Waals surface area contributed by atoms with Crippen molar-refractivity contribution in [2.24, 2.45) is 0 Å². The first-order valence-corrected chi connectivity index (χ1v) is 21.6. The first kappa shape index (κ1) is 52.8. The van der Waals surface area contributed by atoms with Crippen molar-refractivity contribution < 1.29 is 76.9 Å². The summed E-state index contributed by atoms with van der Waals surface area (Å²) in [5.74, 6) is 0. The topological polar surface area (TPSA) is 0 Å². The van der Waals surface area contributed by atoms with E-state index in [1.807, 2.05) is 30.3 Å². The fourth-order valence-corrected chi connectivity index (χ4v) is 8.02. The smallest absolute Gasteiger partial charge is 0.172 e. The summed E-state index contributed by atoms with van der Waals surface area (Å²) in [6, 6.07) is 22.0. The summed E-state index contributed by atoms with van der Waals surface area (Å²) in [4.78, 5) is 0. The molecule has 344 valence electrons. The summed E-state index contributed by atoms with van der Waals surface area (Å²) < 4.78 is 155. The number of rotatable bonds is 2. The molecule has 5 aromatic carbocycles. The van der Waals surface area contributed by atoms with Crippen LogP contribution in [0.2, 0.25) is 0 Å². The SMILES string of the molecule is CC(C)(C)c1[c-]c2c(cc1C(C)(C)C)-c1cc(C(C)(C)C)c(C(C)(C)C)cc1C2.FC(F)(F)c1cc([C](=[Zr+2])c2cc(C(F)(F)F)cc(C(F)(F)F)c2)cc(C(F)(F)F)c1.c1cc[cH-]c1. The van der Waals surface area contributed by atoms with Gasteiger partial charge in [0.25, 0.3) is 0 Å². The third-order valence-corrected chi connectivity index (χ3v) is 12.0. The summed E-state index contributed by atoms with van der Waals surface area (Å²) in [5.41, 5.74) is 3.41. The molecule has 1 aliphatic carbocycles. The van der Waals surface area contributed by atoms with Crippen LogP contribution in [-0.4, -0.2) is 3.21 Å². The van der Waals surface area contributed by atoms with Crippen molar-refractivity contribution in [3.05, 3.63) is 158 Å². The molecular weight excluding hydrogens is 932 g/mol. The van der Waals surface area contributed by atoms with Crippen molar-refractivity contribution in [2.75, 3.05) is 0 Å². The molecule has 1 aliphatic rings. The normalized spacial score (nSPS) is 13.7. The largest absolute Gasteiger partial charge is 0.214 e. The van der Waals surface area contributed by atoms with E-state index in [1.54, 1.807) is 0 Å². The van der Waals surface area contributed by atoms with Gasteiger partial charge in [-0.2, -0.15) is 35.9 Å². The minimum absolute atomic E-state index is 0.00108. The van der Waals surface area contributed by atoms with Gasteiger partial charge in [0.05, 0.1) is 0 Å². The molecule has 0 spiro atoms. The molecule has 0 saturated carbocycles. The zero-order valence-corrected chi connectivity index (χ0v) is 40.3. The van der Waals surface area contributed by atoms with E-state index in [0.29, 0.717) is 0 Å². The molecule has 0 aromatic heterocycles. The van der Waals surface area contributed by atoms with E-state index in [4.69, 9.17) is 0 Å². The number of alkyl halides is 12. The Bertz CT molecular complexity index is 2210. The van der Waals surface area contributed by atoms with Gasteiger partial charge >= 0.3 is 175 Å². The average molecular weight is 984 g/mol. The molecule has 0 nitrogen and oxygen atoms in total. The molecule has 0 aliphatic heterocycles. The average Bonchev–Trinajstić information content (AvgIpc) is 3.82. The number of hydrogen-bond acceptors (Lipinski definition) is 0. The fourth-order valence-electron chi connectivity index (χ4n) is 7.31. The molecule has 0 radical (unpaired) electrons. The number of halogens is 12. The second kappa shape index (κ2) is 18.1. The van der Waals surface area contributed by atoms with E-state index < -0.39 is 61.3 Å². The molecule has 0 N–H and O–H groups in total. The van der Waals surface area contributed by atoms with E-state index in [9.17, 15) is 52.7 Å². The Morgan fingerprint density at radius 2 is 0.797 bits per heavy atom. The third-order valence-electron chi connectivity index (χ3n) is 10.5. The van der Waals surface area contributed by atoms with Gasteiger partial charge in [-0.3, -0.25) is 0 Å². The minimum atomic E-state index is -5.22. The first-order chi connectivity index (χ1) is 28.7. The van der Waals surface area contributed by atoms with Crippen LogP contribution in [0, 0.1) is 6.07 Å². The molecule has 13 heteroatoms. The fraction of sp³-hybridized carbons (Fsp3) is 0.412. The first-order valence-electron chi connectivity index (χ1n) is 20.3. The molecule has 6 rings (SSSR count). The predicted molar refractivity (Wildman–Crippen MR) is 226 cm³/mol. The Balaban J connectivity index is 0.000000252. The van der Waals surface area contributed by atoms with Crippen molar-refractivity contribution in [3.8, 4) is 11.1 Å². The maximum Gasteiger partial charge on any atom is -0.172 e. The van der Waals surface area contributed by atoms with Crippen LogP contribution in [-0.2, 0) is 77.0 Å². The molecule has 5 aromatic rings. The van der Waals surface area contributed by atoms with Gasteiger partial charge in [0.1, 0.15) is 0 Å². The number of fused-ring (bicyclic) bond motifs is 3. The third kappa shape index (κ3) is 12.9. The van der Waals surface area contributed by atoms with Crippen LogP contribution in [0.4, 0.5) is 52.7 Å². The Kier molecular flexibility index (Phi) is 14.9. The Labute approximate surface area is 383 Å². The molecule has 0 fully saturated rings. The minimum Gasteiger partial charge on any atom is -0.214 e. The van der Waals surface area contributed by atoms with Gasteiger partial charge in [0, 0.05) is 0 Å². The van der Waals surface area contributed by atoms with Crippen molar-refractivity contribution in [1.82, 2.24) is 0 Å². The van der Waals surface area contributed by atoms with Gasteiger partial charge < -0.3 is 0 Å².